The zero-order valence-electron chi connectivity index (χ0n) is 12.2. The molecule has 1 atom stereocenters. The standard InChI is InChI=1S/C16H21ClN2O2/c1-2-3-12(4-7-16(20)21)8-9-19-15-10-14(17)6-5-13(15)11-18/h5-6,10,12,19H,2-4,7-9H2,1H3,(H,20,21). The number of nitriles is 1. The Labute approximate surface area is 130 Å². The van der Waals surface area contributed by atoms with Gasteiger partial charge in [0.1, 0.15) is 6.07 Å². The molecule has 0 aromatic heterocycles. The summed E-state index contributed by atoms with van der Waals surface area (Å²) in [7, 11) is 0. The SMILES string of the molecule is CCCC(CCNc1cc(Cl)ccc1C#N)CCC(=O)O. The second kappa shape index (κ2) is 9.25. The Balaban J connectivity index is 2.51. The molecule has 0 aliphatic carbocycles. The van der Waals surface area contributed by atoms with Gasteiger partial charge in [-0.1, -0.05) is 31.4 Å². The highest BCUT2D eigenvalue weighted by Gasteiger charge is 2.10. The van der Waals surface area contributed by atoms with E-state index in [2.05, 4.69) is 18.3 Å². The van der Waals surface area contributed by atoms with Crippen LogP contribution in [-0.2, 0) is 4.79 Å². The van der Waals surface area contributed by atoms with E-state index in [1.54, 1.807) is 18.2 Å². The molecular formula is C16H21ClN2O2. The molecular weight excluding hydrogens is 288 g/mol. The molecule has 0 amide bonds. The van der Waals surface area contributed by atoms with Crippen LogP contribution < -0.4 is 5.32 Å². The molecule has 1 rings (SSSR count). The molecule has 0 heterocycles. The number of hydrogen-bond acceptors (Lipinski definition) is 3. The van der Waals surface area contributed by atoms with E-state index in [4.69, 9.17) is 22.0 Å². The minimum atomic E-state index is -0.745. The summed E-state index contributed by atoms with van der Waals surface area (Å²) in [6.45, 7) is 2.81. The van der Waals surface area contributed by atoms with Gasteiger partial charge in [0.2, 0.25) is 0 Å². The van der Waals surface area contributed by atoms with Crippen LogP contribution in [0.4, 0.5) is 5.69 Å². The molecule has 0 aliphatic rings. The minimum Gasteiger partial charge on any atom is -0.481 e. The molecule has 1 unspecified atom stereocenters. The highest BCUT2D eigenvalue weighted by atomic mass is 35.5. The molecule has 114 valence electrons. The van der Waals surface area contributed by atoms with Gasteiger partial charge in [-0.15, -0.1) is 0 Å². The Morgan fingerprint density at radius 2 is 2.19 bits per heavy atom. The van der Waals surface area contributed by atoms with Gasteiger partial charge < -0.3 is 10.4 Å². The summed E-state index contributed by atoms with van der Waals surface area (Å²) in [4.78, 5) is 10.7. The fourth-order valence-electron chi connectivity index (χ4n) is 2.34. The maximum absolute atomic E-state index is 10.7. The lowest BCUT2D eigenvalue weighted by atomic mass is 9.94. The van der Waals surface area contributed by atoms with Gasteiger partial charge in [-0.05, 0) is 37.0 Å². The third-order valence-corrected chi connectivity index (χ3v) is 3.67. The summed E-state index contributed by atoms with van der Waals surface area (Å²) in [5.41, 5.74) is 1.30. The van der Waals surface area contributed by atoms with Crippen molar-refractivity contribution in [1.82, 2.24) is 0 Å². The van der Waals surface area contributed by atoms with Crippen LogP contribution in [0.5, 0.6) is 0 Å². The summed E-state index contributed by atoms with van der Waals surface area (Å²) in [5.74, 6) is -0.353. The topological polar surface area (TPSA) is 73.1 Å². The van der Waals surface area contributed by atoms with E-state index in [0.29, 0.717) is 29.5 Å². The summed E-state index contributed by atoms with van der Waals surface area (Å²) >= 11 is 5.93. The molecule has 0 saturated heterocycles. The number of carboxylic acids is 1. The van der Waals surface area contributed by atoms with Crippen molar-refractivity contribution in [1.29, 1.82) is 5.26 Å². The number of benzene rings is 1. The number of carboxylic acid groups (broad SMARTS) is 1. The van der Waals surface area contributed by atoms with E-state index in [1.807, 2.05) is 0 Å². The maximum atomic E-state index is 10.7. The Kier molecular flexibility index (Phi) is 7.63. The fourth-order valence-corrected chi connectivity index (χ4v) is 2.51. The smallest absolute Gasteiger partial charge is 0.303 e. The number of hydrogen-bond donors (Lipinski definition) is 2. The first-order valence-electron chi connectivity index (χ1n) is 7.22. The molecule has 5 heteroatoms. The first-order chi connectivity index (χ1) is 10.1. The predicted molar refractivity (Wildman–Crippen MR) is 84.5 cm³/mol. The zero-order valence-corrected chi connectivity index (χ0v) is 13.0. The third-order valence-electron chi connectivity index (χ3n) is 3.43. The average Bonchev–Trinajstić information content (AvgIpc) is 2.45. The van der Waals surface area contributed by atoms with Gasteiger partial charge in [-0.3, -0.25) is 4.79 Å². The van der Waals surface area contributed by atoms with Crippen molar-refractivity contribution in [2.75, 3.05) is 11.9 Å². The zero-order chi connectivity index (χ0) is 15.7. The lowest BCUT2D eigenvalue weighted by Gasteiger charge is -2.16. The average molecular weight is 309 g/mol. The summed E-state index contributed by atoms with van der Waals surface area (Å²) in [5, 5.41) is 21.6. The predicted octanol–water partition coefficient (Wildman–Crippen LogP) is 4.29. The maximum Gasteiger partial charge on any atom is 0.303 e. The number of rotatable bonds is 9. The highest BCUT2D eigenvalue weighted by molar-refractivity contribution is 6.30. The van der Waals surface area contributed by atoms with Gasteiger partial charge in [0.15, 0.2) is 0 Å². The number of aliphatic carboxylic acids is 1. The Morgan fingerprint density at radius 3 is 2.81 bits per heavy atom. The summed E-state index contributed by atoms with van der Waals surface area (Å²) in [6.07, 6.45) is 3.87. The number of nitrogens with zero attached hydrogens (tertiary/aromatic N) is 1. The molecule has 0 bridgehead atoms. The van der Waals surface area contributed by atoms with Gasteiger partial charge in [0.05, 0.1) is 11.3 Å². The molecule has 4 nitrogen and oxygen atoms in total. The van der Waals surface area contributed by atoms with Crippen LogP contribution in [0.15, 0.2) is 18.2 Å². The first-order valence-corrected chi connectivity index (χ1v) is 7.60. The van der Waals surface area contributed by atoms with Crippen LogP contribution in [-0.4, -0.2) is 17.6 Å². The molecule has 0 spiro atoms. The van der Waals surface area contributed by atoms with Gasteiger partial charge in [0.25, 0.3) is 0 Å². The van der Waals surface area contributed by atoms with Gasteiger partial charge in [-0.25, -0.2) is 0 Å². The molecule has 2 N–H and O–H groups in total. The van der Waals surface area contributed by atoms with Gasteiger partial charge in [0, 0.05) is 18.0 Å². The van der Waals surface area contributed by atoms with Crippen molar-refractivity contribution < 1.29 is 9.90 Å². The largest absolute Gasteiger partial charge is 0.481 e. The number of carbonyl (C=O) groups is 1. The molecule has 1 aromatic carbocycles. The normalized spacial score (nSPS) is 11.7. The van der Waals surface area contributed by atoms with Crippen molar-refractivity contribution in [3.05, 3.63) is 28.8 Å². The Hall–Kier alpha value is -1.73. The van der Waals surface area contributed by atoms with Crippen molar-refractivity contribution in [2.24, 2.45) is 5.92 Å². The Morgan fingerprint density at radius 1 is 1.43 bits per heavy atom. The van der Waals surface area contributed by atoms with E-state index in [-0.39, 0.29) is 6.42 Å². The molecule has 0 radical (unpaired) electrons. The van der Waals surface area contributed by atoms with Gasteiger partial charge >= 0.3 is 5.97 Å². The molecule has 1 aromatic rings. The second-order valence-corrected chi connectivity index (χ2v) is 5.54. The monoisotopic (exact) mass is 308 g/mol. The van der Waals surface area contributed by atoms with Crippen molar-refractivity contribution in [2.45, 2.75) is 39.0 Å². The number of halogens is 1. The van der Waals surface area contributed by atoms with Gasteiger partial charge in [-0.2, -0.15) is 5.26 Å². The lowest BCUT2D eigenvalue weighted by Crippen LogP contribution is -2.11. The lowest BCUT2D eigenvalue weighted by molar-refractivity contribution is -0.137. The second-order valence-electron chi connectivity index (χ2n) is 5.10. The van der Waals surface area contributed by atoms with E-state index < -0.39 is 5.97 Å². The van der Waals surface area contributed by atoms with Crippen LogP contribution in [0.2, 0.25) is 5.02 Å². The minimum absolute atomic E-state index is 0.214. The van der Waals surface area contributed by atoms with Crippen LogP contribution in [0.1, 0.15) is 44.6 Å². The van der Waals surface area contributed by atoms with Crippen LogP contribution in [0.25, 0.3) is 0 Å². The van der Waals surface area contributed by atoms with E-state index in [9.17, 15) is 4.79 Å². The number of nitrogens with one attached hydrogen (secondary N) is 1. The van der Waals surface area contributed by atoms with Crippen LogP contribution >= 0.6 is 11.6 Å². The number of anilines is 1. The summed E-state index contributed by atoms with van der Waals surface area (Å²) < 4.78 is 0. The quantitative estimate of drug-likeness (QED) is 0.713. The van der Waals surface area contributed by atoms with Crippen molar-refractivity contribution in [3.63, 3.8) is 0 Å². The van der Waals surface area contributed by atoms with Crippen LogP contribution in [0, 0.1) is 17.2 Å². The fraction of sp³-hybridized carbons (Fsp3) is 0.500. The first kappa shape index (κ1) is 17.3. The summed E-state index contributed by atoms with van der Waals surface area (Å²) in [6, 6.07) is 7.26. The van der Waals surface area contributed by atoms with Crippen molar-refractivity contribution in [3.8, 4) is 6.07 Å². The van der Waals surface area contributed by atoms with Crippen LogP contribution in [0.3, 0.4) is 0 Å². The van der Waals surface area contributed by atoms with E-state index in [0.717, 1.165) is 24.9 Å². The van der Waals surface area contributed by atoms with E-state index in [1.165, 1.54) is 0 Å². The molecule has 0 saturated carbocycles. The Bertz CT molecular complexity index is 511. The highest BCUT2D eigenvalue weighted by Crippen LogP contribution is 2.22. The third kappa shape index (κ3) is 6.50. The van der Waals surface area contributed by atoms with E-state index >= 15 is 0 Å². The molecule has 0 aliphatic heterocycles. The molecule has 0 fully saturated rings. The molecule has 21 heavy (non-hydrogen) atoms. The van der Waals surface area contributed by atoms with Crippen molar-refractivity contribution >= 4 is 23.3 Å².